The van der Waals surface area contributed by atoms with E-state index in [4.69, 9.17) is 0 Å². The largest absolute Gasteiger partial charge is 0.306 e. The second-order valence-electron chi connectivity index (χ2n) is 5.22. The van der Waals surface area contributed by atoms with Crippen LogP contribution in [0.3, 0.4) is 0 Å². The van der Waals surface area contributed by atoms with Crippen molar-refractivity contribution in [3.8, 4) is 11.4 Å². The maximum Gasteiger partial charge on any atom is 0.260 e. The van der Waals surface area contributed by atoms with E-state index in [-0.39, 0.29) is 11.3 Å². The maximum absolute atomic E-state index is 12.4. The summed E-state index contributed by atoms with van der Waals surface area (Å²) in [6.45, 7) is 5.59. The average Bonchev–Trinajstić information content (AvgIpc) is 2.83. The predicted molar refractivity (Wildman–Crippen MR) is 89.8 cm³/mol. The SMILES string of the molecule is CCc1c(C)sc2nc(-c3ccc(C(C)=O)cc3)[nH]c(=O)c12. The van der Waals surface area contributed by atoms with Crippen molar-refractivity contribution in [3.05, 3.63) is 50.6 Å². The molecule has 0 aliphatic carbocycles. The van der Waals surface area contributed by atoms with E-state index in [0.29, 0.717) is 16.8 Å². The highest BCUT2D eigenvalue weighted by molar-refractivity contribution is 7.18. The number of hydrogen-bond donors (Lipinski definition) is 1. The highest BCUT2D eigenvalue weighted by atomic mass is 32.1. The molecular formula is C17H16N2O2S. The molecule has 0 bridgehead atoms. The number of H-pyrrole nitrogens is 1. The molecule has 22 heavy (non-hydrogen) atoms. The number of thiophene rings is 1. The topological polar surface area (TPSA) is 62.8 Å². The summed E-state index contributed by atoms with van der Waals surface area (Å²) in [4.78, 5) is 33.1. The van der Waals surface area contributed by atoms with Gasteiger partial charge in [-0.15, -0.1) is 11.3 Å². The summed E-state index contributed by atoms with van der Waals surface area (Å²) >= 11 is 1.55. The second-order valence-corrected chi connectivity index (χ2v) is 6.42. The Morgan fingerprint density at radius 1 is 1.27 bits per heavy atom. The first kappa shape index (κ1) is 14.7. The van der Waals surface area contributed by atoms with Crippen LogP contribution >= 0.6 is 11.3 Å². The van der Waals surface area contributed by atoms with E-state index in [1.807, 2.05) is 26.0 Å². The van der Waals surface area contributed by atoms with Crippen LogP contribution in [-0.4, -0.2) is 15.8 Å². The minimum Gasteiger partial charge on any atom is -0.306 e. The fourth-order valence-corrected chi connectivity index (χ4v) is 3.71. The summed E-state index contributed by atoms with van der Waals surface area (Å²) in [6.07, 6.45) is 0.823. The van der Waals surface area contributed by atoms with E-state index in [2.05, 4.69) is 9.97 Å². The van der Waals surface area contributed by atoms with Gasteiger partial charge in [0.25, 0.3) is 5.56 Å². The van der Waals surface area contributed by atoms with Gasteiger partial charge < -0.3 is 4.98 Å². The first-order valence-electron chi connectivity index (χ1n) is 7.15. The number of nitrogens with one attached hydrogen (secondary N) is 1. The van der Waals surface area contributed by atoms with Gasteiger partial charge in [-0.25, -0.2) is 4.98 Å². The van der Waals surface area contributed by atoms with Crippen molar-refractivity contribution in [1.29, 1.82) is 0 Å². The number of aromatic amines is 1. The van der Waals surface area contributed by atoms with E-state index >= 15 is 0 Å². The van der Waals surface area contributed by atoms with Crippen LogP contribution in [0.2, 0.25) is 0 Å². The van der Waals surface area contributed by atoms with Gasteiger partial charge in [-0.3, -0.25) is 9.59 Å². The van der Waals surface area contributed by atoms with Crippen LogP contribution in [0.4, 0.5) is 0 Å². The minimum absolute atomic E-state index is 0.0184. The van der Waals surface area contributed by atoms with E-state index in [0.717, 1.165) is 27.3 Å². The number of aromatic nitrogens is 2. The molecule has 112 valence electrons. The van der Waals surface area contributed by atoms with Crippen molar-refractivity contribution in [3.63, 3.8) is 0 Å². The van der Waals surface area contributed by atoms with Crippen LogP contribution < -0.4 is 5.56 Å². The lowest BCUT2D eigenvalue weighted by Gasteiger charge is -2.03. The Balaban J connectivity index is 2.16. The Hall–Kier alpha value is -2.27. The normalized spacial score (nSPS) is 11.0. The van der Waals surface area contributed by atoms with Gasteiger partial charge in [0.2, 0.25) is 0 Å². The Labute approximate surface area is 131 Å². The zero-order valence-corrected chi connectivity index (χ0v) is 13.5. The third-order valence-electron chi connectivity index (χ3n) is 3.78. The fraction of sp³-hybridized carbons (Fsp3) is 0.235. The Bertz CT molecular complexity index is 920. The molecule has 0 unspecified atom stereocenters. The van der Waals surface area contributed by atoms with Gasteiger partial charge in [0, 0.05) is 16.0 Å². The molecule has 3 rings (SSSR count). The molecule has 0 spiro atoms. The molecule has 0 radical (unpaired) electrons. The summed E-state index contributed by atoms with van der Waals surface area (Å²) in [5.74, 6) is 0.557. The molecule has 1 N–H and O–H groups in total. The van der Waals surface area contributed by atoms with Crippen molar-refractivity contribution in [1.82, 2.24) is 9.97 Å². The van der Waals surface area contributed by atoms with E-state index in [1.165, 1.54) is 6.92 Å². The third-order valence-corrected chi connectivity index (χ3v) is 4.82. The summed E-state index contributed by atoms with van der Waals surface area (Å²) in [5.41, 5.74) is 2.42. The van der Waals surface area contributed by atoms with Crippen molar-refractivity contribution in [2.45, 2.75) is 27.2 Å². The number of hydrogen-bond acceptors (Lipinski definition) is 4. The highest BCUT2D eigenvalue weighted by Gasteiger charge is 2.14. The van der Waals surface area contributed by atoms with E-state index in [9.17, 15) is 9.59 Å². The first-order valence-corrected chi connectivity index (χ1v) is 7.96. The maximum atomic E-state index is 12.4. The molecule has 5 heteroatoms. The zero-order valence-electron chi connectivity index (χ0n) is 12.7. The van der Waals surface area contributed by atoms with Crippen LogP contribution in [0.1, 0.15) is 34.6 Å². The van der Waals surface area contributed by atoms with Gasteiger partial charge in [0.1, 0.15) is 10.7 Å². The van der Waals surface area contributed by atoms with Crippen molar-refractivity contribution >= 4 is 27.3 Å². The first-order chi connectivity index (χ1) is 10.5. The van der Waals surface area contributed by atoms with Crippen LogP contribution in [0.25, 0.3) is 21.6 Å². The smallest absolute Gasteiger partial charge is 0.260 e. The molecule has 2 aromatic heterocycles. The van der Waals surface area contributed by atoms with Gasteiger partial charge in [-0.2, -0.15) is 0 Å². The fourth-order valence-electron chi connectivity index (χ4n) is 2.60. The van der Waals surface area contributed by atoms with Crippen LogP contribution in [0.5, 0.6) is 0 Å². The average molecular weight is 312 g/mol. The molecule has 0 fully saturated rings. The third kappa shape index (κ3) is 2.37. The van der Waals surface area contributed by atoms with E-state index in [1.54, 1.807) is 23.5 Å². The van der Waals surface area contributed by atoms with Crippen LogP contribution in [0, 0.1) is 6.92 Å². The van der Waals surface area contributed by atoms with Gasteiger partial charge in [0.05, 0.1) is 5.39 Å². The molecule has 1 aromatic carbocycles. The van der Waals surface area contributed by atoms with Crippen molar-refractivity contribution in [2.75, 3.05) is 0 Å². The number of Topliss-reactive ketones (excluding diaryl/α,β-unsaturated/α-hetero) is 1. The number of carbonyl (C=O) groups is 1. The lowest BCUT2D eigenvalue weighted by atomic mass is 10.1. The van der Waals surface area contributed by atoms with E-state index < -0.39 is 0 Å². The molecule has 0 atom stereocenters. The Kier molecular flexibility index (Phi) is 3.66. The molecule has 2 heterocycles. The summed E-state index contributed by atoms with van der Waals surface area (Å²) in [5, 5.41) is 0.703. The Morgan fingerprint density at radius 2 is 1.95 bits per heavy atom. The van der Waals surface area contributed by atoms with Crippen LogP contribution in [0.15, 0.2) is 29.1 Å². The monoisotopic (exact) mass is 312 g/mol. The lowest BCUT2D eigenvalue weighted by Crippen LogP contribution is -2.09. The summed E-state index contributed by atoms with van der Waals surface area (Å²) in [6, 6.07) is 7.11. The summed E-state index contributed by atoms with van der Waals surface area (Å²) in [7, 11) is 0. The molecule has 3 aromatic rings. The minimum atomic E-state index is -0.100. The van der Waals surface area contributed by atoms with Gasteiger partial charge in [-0.1, -0.05) is 31.2 Å². The van der Waals surface area contributed by atoms with Gasteiger partial charge in [-0.05, 0) is 25.8 Å². The molecule has 0 aliphatic heterocycles. The van der Waals surface area contributed by atoms with Gasteiger partial charge >= 0.3 is 0 Å². The Morgan fingerprint density at radius 3 is 2.55 bits per heavy atom. The predicted octanol–water partition coefficient (Wildman–Crippen LogP) is 3.73. The quantitative estimate of drug-likeness (QED) is 0.750. The lowest BCUT2D eigenvalue weighted by molar-refractivity contribution is 0.101. The van der Waals surface area contributed by atoms with Crippen LogP contribution in [-0.2, 0) is 6.42 Å². The molecule has 4 nitrogen and oxygen atoms in total. The number of ketones is 1. The number of carbonyl (C=O) groups excluding carboxylic acids is 1. The second kappa shape index (κ2) is 5.50. The number of rotatable bonds is 3. The van der Waals surface area contributed by atoms with Crippen molar-refractivity contribution in [2.24, 2.45) is 0 Å². The van der Waals surface area contributed by atoms with Crippen molar-refractivity contribution < 1.29 is 4.79 Å². The zero-order chi connectivity index (χ0) is 15.9. The summed E-state index contributed by atoms with van der Waals surface area (Å²) < 4.78 is 0. The number of nitrogens with zero attached hydrogens (tertiary/aromatic N) is 1. The standard InChI is InChI=1S/C17H16N2O2S/c1-4-13-10(3)22-17-14(13)16(21)18-15(19-17)12-7-5-11(6-8-12)9(2)20/h5-8H,4H2,1-3H3,(H,18,19,21). The molecular weight excluding hydrogens is 296 g/mol. The van der Waals surface area contributed by atoms with Gasteiger partial charge in [0.15, 0.2) is 5.78 Å². The number of aryl methyl sites for hydroxylation is 2. The number of benzene rings is 1. The molecule has 0 saturated heterocycles. The molecule has 0 amide bonds. The molecule has 0 aliphatic rings. The molecule has 0 saturated carbocycles. The number of fused-ring (bicyclic) bond motifs is 1. The highest BCUT2D eigenvalue weighted by Crippen LogP contribution is 2.28.